The molecule has 0 unspecified atom stereocenters. The highest BCUT2D eigenvalue weighted by Gasteiger charge is 2.19. The molecule has 0 spiro atoms. The quantitative estimate of drug-likeness (QED) is 0.766. The Kier molecular flexibility index (Phi) is 5.38. The van der Waals surface area contributed by atoms with Crippen molar-refractivity contribution in [2.24, 2.45) is 5.92 Å². The van der Waals surface area contributed by atoms with Crippen molar-refractivity contribution in [3.63, 3.8) is 0 Å². The van der Waals surface area contributed by atoms with Crippen LogP contribution in [-0.2, 0) is 11.2 Å². The molecule has 0 aliphatic heterocycles. The molecule has 1 saturated carbocycles. The third-order valence-corrected chi connectivity index (χ3v) is 4.21. The Labute approximate surface area is 119 Å². The minimum absolute atomic E-state index is 0.1000. The van der Waals surface area contributed by atoms with Gasteiger partial charge in [-0.05, 0) is 30.5 Å². The molecule has 1 aliphatic rings. The lowest BCUT2D eigenvalue weighted by atomic mass is 9.86. The maximum absolute atomic E-state index is 13.1. The highest BCUT2D eigenvalue weighted by Crippen LogP contribution is 2.25. The number of hydrogen-bond acceptors (Lipinski definition) is 1. The van der Waals surface area contributed by atoms with Crippen LogP contribution in [0.15, 0.2) is 18.2 Å². The maximum atomic E-state index is 13.1. The first kappa shape index (κ1) is 14.5. The highest BCUT2D eigenvalue weighted by atomic mass is 35.5. The molecule has 0 saturated heterocycles. The van der Waals surface area contributed by atoms with Gasteiger partial charge in [0.2, 0.25) is 0 Å². The zero-order valence-electron chi connectivity index (χ0n) is 11.1. The van der Waals surface area contributed by atoms with Crippen molar-refractivity contribution in [3.05, 3.63) is 34.6 Å². The number of rotatable bonds is 3. The van der Waals surface area contributed by atoms with Crippen molar-refractivity contribution in [2.45, 2.75) is 51.4 Å². The van der Waals surface area contributed by atoms with E-state index < -0.39 is 5.82 Å². The normalized spacial score (nSPS) is 17.8. The molecule has 1 aromatic carbocycles. The topological polar surface area (TPSA) is 17.1 Å². The molecular formula is C16H20ClFO. The molecule has 1 fully saturated rings. The van der Waals surface area contributed by atoms with E-state index in [0.717, 1.165) is 31.2 Å². The third kappa shape index (κ3) is 4.31. The van der Waals surface area contributed by atoms with Gasteiger partial charge in [0.05, 0.1) is 5.02 Å². The molecule has 0 aromatic heterocycles. The number of carbonyl (C=O) groups is 1. The Balaban J connectivity index is 1.96. The Morgan fingerprint density at radius 1 is 1.16 bits per heavy atom. The molecule has 0 bridgehead atoms. The predicted octanol–water partition coefficient (Wildman–Crippen LogP) is 4.95. The molecule has 0 radical (unpaired) electrons. The lowest BCUT2D eigenvalue weighted by molar-refractivity contribution is -0.122. The average Bonchev–Trinajstić information content (AvgIpc) is 2.33. The molecule has 0 heterocycles. The molecule has 2 rings (SSSR count). The molecule has 19 heavy (non-hydrogen) atoms. The van der Waals surface area contributed by atoms with Crippen LogP contribution < -0.4 is 0 Å². The molecule has 0 N–H and O–H groups in total. The van der Waals surface area contributed by atoms with E-state index in [4.69, 9.17) is 11.6 Å². The molecule has 1 nitrogen and oxygen atoms in total. The van der Waals surface area contributed by atoms with Crippen LogP contribution in [0.25, 0.3) is 0 Å². The second-order valence-electron chi connectivity index (χ2n) is 5.43. The first-order valence-electron chi connectivity index (χ1n) is 7.13. The summed E-state index contributed by atoms with van der Waals surface area (Å²) in [5, 5.41) is 0.1000. The van der Waals surface area contributed by atoms with E-state index in [1.54, 1.807) is 12.1 Å². The number of halogens is 2. The van der Waals surface area contributed by atoms with Crippen molar-refractivity contribution in [1.82, 2.24) is 0 Å². The van der Waals surface area contributed by atoms with Gasteiger partial charge >= 0.3 is 0 Å². The first-order chi connectivity index (χ1) is 9.16. The SMILES string of the molecule is O=C(Cc1ccc(F)c(Cl)c1)C1CCCCCCC1. The van der Waals surface area contributed by atoms with Crippen LogP contribution in [0.2, 0.25) is 5.02 Å². The second-order valence-corrected chi connectivity index (χ2v) is 5.84. The van der Waals surface area contributed by atoms with E-state index in [-0.39, 0.29) is 16.7 Å². The van der Waals surface area contributed by atoms with Gasteiger partial charge in [0.25, 0.3) is 0 Å². The van der Waals surface area contributed by atoms with E-state index in [9.17, 15) is 9.18 Å². The van der Waals surface area contributed by atoms with Gasteiger partial charge in [-0.3, -0.25) is 4.79 Å². The summed E-state index contributed by atoms with van der Waals surface area (Å²) in [7, 11) is 0. The fraction of sp³-hybridized carbons (Fsp3) is 0.562. The molecule has 3 heteroatoms. The molecule has 104 valence electrons. The second kappa shape index (κ2) is 7.04. The van der Waals surface area contributed by atoms with E-state index in [1.165, 1.54) is 25.3 Å². The standard InChI is InChI=1S/C16H20ClFO/c17-14-10-12(8-9-15(14)18)11-16(19)13-6-4-2-1-3-5-7-13/h8-10,13H,1-7,11H2. The fourth-order valence-electron chi connectivity index (χ4n) is 2.77. The van der Waals surface area contributed by atoms with Gasteiger partial charge in [-0.15, -0.1) is 0 Å². The van der Waals surface area contributed by atoms with Crippen molar-refractivity contribution < 1.29 is 9.18 Å². The smallest absolute Gasteiger partial charge is 0.141 e. The minimum atomic E-state index is -0.427. The summed E-state index contributed by atoms with van der Waals surface area (Å²) in [6.07, 6.45) is 8.49. The number of Topliss-reactive ketones (excluding diaryl/α,β-unsaturated/α-hetero) is 1. The van der Waals surface area contributed by atoms with Gasteiger partial charge < -0.3 is 0 Å². The summed E-state index contributed by atoms with van der Waals surface area (Å²) in [6.45, 7) is 0. The maximum Gasteiger partial charge on any atom is 0.141 e. The zero-order chi connectivity index (χ0) is 13.7. The van der Waals surface area contributed by atoms with Crippen LogP contribution in [0.3, 0.4) is 0 Å². The van der Waals surface area contributed by atoms with Crippen LogP contribution >= 0.6 is 11.6 Å². The third-order valence-electron chi connectivity index (χ3n) is 3.92. The fourth-order valence-corrected chi connectivity index (χ4v) is 2.98. The van der Waals surface area contributed by atoms with E-state index in [0.29, 0.717) is 6.42 Å². The highest BCUT2D eigenvalue weighted by molar-refractivity contribution is 6.30. The molecule has 1 aliphatic carbocycles. The van der Waals surface area contributed by atoms with Gasteiger partial charge in [0, 0.05) is 12.3 Å². The number of ketones is 1. The summed E-state index contributed by atoms with van der Waals surface area (Å²) in [6, 6.07) is 4.56. The summed E-state index contributed by atoms with van der Waals surface area (Å²) in [5.74, 6) is 0.0394. The lowest BCUT2D eigenvalue weighted by Crippen LogP contribution is -2.18. The van der Waals surface area contributed by atoms with Gasteiger partial charge in [-0.1, -0.05) is 49.8 Å². The van der Waals surface area contributed by atoms with Crippen molar-refractivity contribution in [1.29, 1.82) is 0 Å². The van der Waals surface area contributed by atoms with Gasteiger partial charge in [-0.25, -0.2) is 4.39 Å². The summed E-state index contributed by atoms with van der Waals surface area (Å²) in [4.78, 5) is 12.3. The monoisotopic (exact) mass is 282 g/mol. The van der Waals surface area contributed by atoms with Crippen LogP contribution in [-0.4, -0.2) is 5.78 Å². The van der Waals surface area contributed by atoms with Crippen LogP contribution in [0.4, 0.5) is 4.39 Å². The molecule has 0 atom stereocenters. The van der Waals surface area contributed by atoms with Crippen molar-refractivity contribution >= 4 is 17.4 Å². The van der Waals surface area contributed by atoms with E-state index in [2.05, 4.69) is 0 Å². The summed E-state index contributed by atoms with van der Waals surface area (Å²) in [5.41, 5.74) is 0.818. The minimum Gasteiger partial charge on any atom is -0.299 e. The molecule has 0 amide bonds. The summed E-state index contributed by atoms with van der Waals surface area (Å²) < 4.78 is 13.1. The average molecular weight is 283 g/mol. The first-order valence-corrected chi connectivity index (χ1v) is 7.51. The van der Waals surface area contributed by atoms with Gasteiger partial charge in [0.1, 0.15) is 11.6 Å². The van der Waals surface area contributed by atoms with Crippen LogP contribution in [0, 0.1) is 11.7 Å². The summed E-state index contributed by atoms with van der Waals surface area (Å²) >= 11 is 5.74. The molecular weight excluding hydrogens is 263 g/mol. The van der Waals surface area contributed by atoms with E-state index >= 15 is 0 Å². The Morgan fingerprint density at radius 3 is 2.42 bits per heavy atom. The number of carbonyl (C=O) groups excluding carboxylic acids is 1. The number of hydrogen-bond donors (Lipinski definition) is 0. The lowest BCUT2D eigenvalue weighted by Gasteiger charge is -2.18. The van der Waals surface area contributed by atoms with E-state index in [1.807, 2.05) is 0 Å². The van der Waals surface area contributed by atoms with Crippen LogP contribution in [0.1, 0.15) is 50.5 Å². The molecule has 1 aromatic rings. The Hall–Kier alpha value is -0.890. The van der Waals surface area contributed by atoms with Crippen LogP contribution in [0.5, 0.6) is 0 Å². The van der Waals surface area contributed by atoms with Gasteiger partial charge in [0.15, 0.2) is 0 Å². The zero-order valence-corrected chi connectivity index (χ0v) is 11.9. The van der Waals surface area contributed by atoms with Crippen molar-refractivity contribution in [3.8, 4) is 0 Å². The Morgan fingerprint density at radius 2 is 1.79 bits per heavy atom. The number of benzene rings is 1. The van der Waals surface area contributed by atoms with Crippen molar-refractivity contribution in [2.75, 3.05) is 0 Å². The largest absolute Gasteiger partial charge is 0.299 e. The Bertz CT molecular complexity index is 436. The van der Waals surface area contributed by atoms with Gasteiger partial charge in [-0.2, -0.15) is 0 Å². The predicted molar refractivity (Wildman–Crippen MR) is 75.9 cm³/mol.